The van der Waals surface area contributed by atoms with Crippen LogP contribution in [0.5, 0.6) is 0 Å². The summed E-state index contributed by atoms with van der Waals surface area (Å²) in [5, 5.41) is 0. The highest BCUT2D eigenvalue weighted by Crippen LogP contribution is 2.43. The molecule has 4 atom stereocenters. The number of hydrogen-bond acceptors (Lipinski definition) is 0. The Hall–Kier alpha value is 0. The van der Waals surface area contributed by atoms with E-state index in [9.17, 15) is 0 Å². The summed E-state index contributed by atoms with van der Waals surface area (Å²) in [6, 6.07) is 0. The summed E-state index contributed by atoms with van der Waals surface area (Å²) in [6.45, 7) is 14.5. The Morgan fingerprint density at radius 3 is 1.21 bits per heavy atom. The monoisotopic (exact) mass is 196 g/mol. The molecule has 4 unspecified atom stereocenters. The van der Waals surface area contributed by atoms with Crippen LogP contribution in [0.25, 0.3) is 0 Å². The summed E-state index contributed by atoms with van der Waals surface area (Å²) in [4.78, 5) is 0. The molecule has 1 saturated carbocycles. The minimum atomic E-state index is 0.876. The molecule has 1 aliphatic rings. The maximum absolute atomic E-state index is 2.46. The van der Waals surface area contributed by atoms with Crippen molar-refractivity contribution < 1.29 is 0 Å². The predicted molar refractivity (Wildman–Crippen MR) is 64.2 cm³/mol. The smallest absolute Gasteiger partial charge is 0.0363 e. The van der Waals surface area contributed by atoms with Crippen LogP contribution in [0.1, 0.15) is 54.4 Å². The second-order valence-corrected chi connectivity index (χ2v) is 6.24. The largest absolute Gasteiger partial charge is 0.0625 e. The van der Waals surface area contributed by atoms with Gasteiger partial charge in [0.05, 0.1) is 0 Å². The van der Waals surface area contributed by atoms with Gasteiger partial charge in [-0.05, 0) is 48.3 Å². The van der Waals surface area contributed by atoms with Gasteiger partial charge in [0.15, 0.2) is 0 Å². The van der Waals surface area contributed by atoms with E-state index in [1.54, 1.807) is 0 Å². The normalized spacial score (nSPS) is 39.4. The van der Waals surface area contributed by atoms with Crippen molar-refractivity contribution in [3.63, 3.8) is 0 Å². The zero-order chi connectivity index (χ0) is 10.9. The van der Waals surface area contributed by atoms with Gasteiger partial charge in [-0.2, -0.15) is 0 Å². The molecule has 0 aliphatic heterocycles. The van der Waals surface area contributed by atoms with Gasteiger partial charge in [0.2, 0.25) is 0 Å². The molecule has 0 N–H and O–H groups in total. The maximum atomic E-state index is 2.46. The van der Waals surface area contributed by atoms with Gasteiger partial charge < -0.3 is 0 Å². The van der Waals surface area contributed by atoms with Crippen LogP contribution in [0, 0.1) is 35.5 Å². The summed E-state index contributed by atoms with van der Waals surface area (Å²) in [5.74, 6) is 5.58. The Bertz CT molecular complexity index is 149. The molecule has 0 aromatic rings. The van der Waals surface area contributed by atoms with Crippen LogP contribution >= 0.6 is 0 Å². The highest BCUT2D eigenvalue weighted by molar-refractivity contribution is 4.84. The van der Waals surface area contributed by atoms with Gasteiger partial charge in [0.1, 0.15) is 0 Å². The molecule has 0 bridgehead atoms. The number of rotatable bonds is 2. The van der Waals surface area contributed by atoms with E-state index in [2.05, 4.69) is 41.5 Å². The summed E-state index contributed by atoms with van der Waals surface area (Å²) in [5.41, 5.74) is 0. The fourth-order valence-electron chi connectivity index (χ4n) is 3.53. The Morgan fingerprint density at radius 2 is 1.00 bits per heavy atom. The van der Waals surface area contributed by atoms with Gasteiger partial charge in [0.25, 0.3) is 0 Å². The molecule has 1 fully saturated rings. The van der Waals surface area contributed by atoms with E-state index in [4.69, 9.17) is 0 Å². The molecule has 1 aliphatic carbocycles. The van der Waals surface area contributed by atoms with Gasteiger partial charge in [-0.3, -0.25) is 0 Å². The standard InChI is InChI=1S/C14H28/c1-9(2)13-7-12(6)14(10(3)4)8-11(13)5/h9-14H,7-8H2,1-6H3. The molecule has 84 valence electrons. The summed E-state index contributed by atoms with van der Waals surface area (Å²) in [7, 11) is 0. The molecule has 0 aromatic carbocycles. The van der Waals surface area contributed by atoms with Gasteiger partial charge in [-0.1, -0.05) is 41.5 Å². The summed E-state index contributed by atoms with van der Waals surface area (Å²) >= 11 is 0. The van der Waals surface area contributed by atoms with Crippen LogP contribution in [0.3, 0.4) is 0 Å². The molecule has 0 spiro atoms. The lowest BCUT2D eigenvalue weighted by molar-refractivity contribution is 0.0749. The predicted octanol–water partition coefficient (Wildman–Crippen LogP) is 4.60. The highest BCUT2D eigenvalue weighted by atomic mass is 14.4. The van der Waals surface area contributed by atoms with E-state index in [0.29, 0.717) is 0 Å². The second kappa shape index (κ2) is 4.68. The Balaban J connectivity index is 2.62. The molecule has 0 nitrogen and oxygen atoms in total. The van der Waals surface area contributed by atoms with Crippen LogP contribution in [-0.4, -0.2) is 0 Å². The van der Waals surface area contributed by atoms with Crippen molar-refractivity contribution in [2.75, 3.05) is 0 Å². The van der Waals surface area contributed by atoms with Crippen molar-refractivity contribution >= 4 is 0 Å². The molecule has 0 heterocycles. The van der Waals surface area contributed by atoms with Gasteiger partial charge in [-0.25, -0.2) is 0 Å². The van der Waals surface area contributed by atoms with Gasteiger partial charge >= 0.3 is 0 Å². The van der Waals surface area contributed by atoms with Crippen LogP contribution in [0.15, 0.2) is 0 Å². The fraction of sp³-hybridized carbons (Fsp3) is 1.00. The molecule has 1 rings (SSSR count). The number of hydrogen-bond donors (Lipinski definition) is 0. The van der Waals surface area contributed by atoms with Gasteiger partial charge in [0, 0.05) is 0 Å². The first-order chi connectivity index (χ1) is 6.43. The lowest BCUT2D eigenvalue weighted by Crippen LogP contribution is -2.34. The van der Waals surface area contributed by atoms with E-state index in [-0.39, 0.29) is 0 Å². The molecule has 0 saturated heterocycles. The van der Waals surface area contributed by atoms with Crippen LogP contribution in [0.4, 0.5) is 0 Å². The topological polar surface area (TPSA) is 0 Å². The first-order valence-electron chi connectivity index (χ1n) is 6.43. The first-order valence-corrected chi connectivity index (χ1v) is 6.43. The van der Waals surface area contributed by atoms with Crippen molar-refractivity contribution in [3.05, 3.63) is 0 Å². The molecule has 0 heteroatoms. The Morgan fingerprint density at radius 1 is 0.714 bits per heavy atom. The van der Waals surface area contributed by atoms with E-state index in [0.717, 1.165) is 35.5 Å². The van der Waals surface area contributed by atoms with Crippen molar-refractivity contribution in [2.45, 2.75) is 54.4 Å². The third-order valence-corrected chi connectivity index (χ3v) is 4.46. The van der Waals surface area contributed by atoms with Crippen molar-refractivity contribution in [3.8, 4) is 0 Å². The molecular weight excluding hydrogens is 168 g/mol. The average molecular weight is 196 g/mol. The second-order valence-electron chi connectivity index (χ2n) is 6.24. The van der Waals surface area contributed by atoms with Crippen molar-refractivity contribution in [1.82, 2.24) is 0 Å². The van der Waals surface area contributed by atoms with E-state index in [1.165, 1.54) is 12.8 Å². The van der Waals surface area contributed by atoms with Crippen LogP contribution in [-0.2, 0) is 0 Å². The third kappa shape index (κ3) is 2.52. The lowest BCUT2D eigenvalue weighted by atomic mass is 9.63. The van der Waals surface area contributed by atoms with Crippen molar-refractivity contribution in [2.24, 2.45) is 35.5 Å². The molecule has 0 radical (unpaired) electrons. The fourth-order valence-corrected chi connectivity index (χ4v) is 3.53. The Labute approximate surface area is 90.5 Å². The van der Waals surface area contributed by atoms with E-state index >= 15 is 0 Å². The van der Waals surface area contributed by atoms with Crippen molar-refractivity contribution in [1.29, 1.82) is 0 Å². The first kappa shape index (κ1) is 12.1. The lowest BCUT2D eigenvalue weighted by Gasteiger charge is -2.42. The Kier molecular flexibility index (Phi) is 4.04. The molecule has 0 aromatic heterocycles. The highest BCUT2D eigenvalue weighted by Gasteiger charge is 2.34. The summed E-state index contributed by atoms with van der Waals surface area (Å²) < 4.78 is 0. The van der Waals surface area contributed by atoms with E-state index in [1.807, 2.05) is 0 Å². The summed E-state index contributed by atoms with van der Waals surface area (Å²) in [6.07, 6.45) is 2.92. The zero-order valence-corrected chi connectivity index (χ0v) is 10.9. The zero-order valence-electron chi connectivity index (χ0n) is 10.9. The van der Waals surface area contributed by atoms with Crippen LogP contribution < -0.4 is 0 Å². The third-order valence-electron chi connectivity index (χ3n) is 4.46. The molecular formula is C14H28. The minimum Gasteiger partial charge on any atom is -0.0625 e. The quantitative estimate of drug-likeness (QED) is 0.605. The maximum Gasteiger partial charge on any atom is -0.0363 e. The molecule has 14 heavy (non-hydrogen) atoms. The van der Waals surface area contributed by atoms with E-state index < -0.39 is 0 Å². The molecule has 0 amide bonds. The SMILES string of the molecule is CC(C)C1CC(C)C(C(C)C)CC1C. The van der Waals surface area contributed by atoms with Crippen LogP contribution in [0.2, 0.25) is 0 Å². The minimum absolute atomic E-state index is 0.876. The average Bonchev–Trinajstić information content (AvgIpc) is 2.07. The van der Waals surface area contributed by atoms with Gasteiger partial charge in [-0.15, -0.1) is 0 Å².